The summed E-state index contributed by atoms with van der Waals surface area (Å²) in [6.07, 6.45) is 5.83. The molecular weight excluding hydrogens is 260 g/mol. The maximum Gasteiger partial charge on any atom is 0.222 e. The lowest BCUT2D eigenvalue weighted by Gasteiger charge is -2.10. The molecule has 102 valence electrons. The zero-order valence-electron chi connectivity index (χ0n) is 10.9. The first-order valence-electron chi connectivity index (χ1n) is 5.75. The highest BCUT2D eigenvalue weighted by Crippen LogP contribution is 2.26. The Morgan fingerprint density at radius 3 is 1.45 bits per heavy atom. The minimum Gasteiger partial charge on any atom is -0.309 e. The van der Waals surface area contributed by atoms with Gasteiger partial charge in [-0.3, -0.25) is 9.59 Å². The van der Waals surface area contributed by atoms with Gasteiger partial charge in [0.15, 0.2) is 11.6 Å². The summed E-state index contributed by atoms with van der Waals surface area (Å²) in [4.78, 5) is 38.7. The SMILES string of the molecule is CC(=O)Nc1nccnc1-c1nccnc1NC(C)=O. The normalized spacial score (nSPS) is 9.90. The standard InChI is InChI=1S/C12H12N6O2/c1-7(19)17-11-9(13-3-5-15-11)10-12(18-8(2)20)16-6-4-14-10/h3-6H,1-2H3,(H,15,17,19)(H,16,18,20). The monoisotopic (exact) mass is 272 g/mol. The maximum absolute atomic E-state index is 11.2. The summed E-state index contributed by atoms with van der Waals surface area (Å²) in [6, 6.07) is 0. The molecule has 20 heavy (non-hydrogen) atoms. The maximum atomic E-state index is 11.2. The summed E-state index contributed by atoms with van der Waals surface area (Å²) in [6.45, 7) is 2.73. The van der Waals surface area contributed by atoms with Crippen molar-refractivity contribution in [2.24, 2.45) is 0 Å². The average molecular weight is 272 g/mol. The molecule has 2 rings (SSSR count). The van der Waals surface area contributed by atoms with Crippen LogP contribution in [0.5, 0.6) is 0 Å². The van der Waals surface area contributed by atoms with Crippen LogP contribution in [0.15, 0.2) is 24.8 Å². The van der Waals surface area contributed by atoms with Gasteiger partial charge in [0.05, 0.1) is 0 Å². The van der Waals surface area contributed by atoms with E-state index in [2.05, 4.69) is 30.6 Å². The van der Waals surface area contributed by atoms with Gasteiger partial charge >= 0.3 is 0 Å². The highest BCUT2D eigenvalue weighted by molar-refractivity contribution is 5.95. The van der Waals surface area contributed by atoms with Crippen molar-refractivity contribution in [2.45, 2.75) is 13.8 Å². The van der Waals surface area contributed by atoms with Gasteiger partial charge in [0.25, 0.3) is 0 Å². The molecule has 2 heterocycles. The van der Waals surface area contributed by atoms with Gasteiger partial charge in [-0.15, -0.1) is 0 Å². The predicted molar refractivity (Wildman–Crippen MR) is 71.7 cm³/mol. The van der Waals surface area contributed by atoms with Crippen molar-refractivity contribution in [3.8, 4) is 11.4 Å². The summed E-state index contributed by atoms with van der Waals surface area (Å²) >= 11 is 0. The van der Waals surface area contributed by atoms with Gasteiger partial charge in [-0.25, -0.2) is 19.9 Å². The number of aromatic nitrogens is 4. The van der Waals surface area contributed by atoms with E-state index in [1.807, 2.05) is 0 Å². The highest BCUT2D eigenvalue weighted by Gasteiger charge is 2.16. The van der Waals surface area contributed by atoms with Crippen molar-refractivity contribution >= 4 is 23.5 Å². The molecule has 0 aliphatic rings. The molecule has 0 spiro atoms. The lowest BCUT2D eigenvalue weighted by Crippen LogP contribution is -2.12. The fraction of sp³-hybridized carbons (Fsp3) is 0.167. The molecule has 0 saturated heterocycles. The number of amides is 2. The second kappa shape index (κ2) is 5.83. The van der Waals surface area contributed by atoms with Crippen LogP contribution in [0, 0.1) is 0 Å². The van der Waals surface area contributed by atoms with Crippen molar-refractivity contribution in [1.29, 1.82) is 0 Å². The van der Waals surface area contributed by atoms with Gasteiger partial charge < -0.3 is 10.6 Å². The van der Waals surface area contributed by atoms with Crippen LogP contribution in [-0.4, -0.2) is 31.8 Å². The molecule has 0 radical (unpaired) electrons. The summed E-state index contributed by atoms with van der Waals surface area (Å²) in [5, 5.41) is 5.12. The fourth-order valence-corrected chi connectivity index (χ4v) is 1.54. The molecular formula is C12H12N6O2. The Labute approximate surface area is 114 Å². The van der Waals surface area contributed by atoms with Crippen LogP contribution in [0.25, 0.3) is 11.4 Å². The Morgan fingerprint density at radius 2 is 1.10 bits per heavy atom. The number of nitrogens with zero attached hydrogens (tertiary/aromatic N) is 4. The van der Waals surface area contributed by atoms with E-state index >= 15 is 0 Å². The highest BCUT2D eigenvalue weighted by atomic mass is 16.2. The third kappa shape index (κ3) is 3.10. The Morgan fingerprint density at radius 1 is 0.750 bits per heavy atom. The Bertz CT molecular complexity index is 600. The number of anilines is 2. The Balaban J connectivity index is 2.51. The zero-order chi connectivity index (χ0) is 14.5. The van der Waals surface area contributed by atoms with E-state index in [4.69, 9.17) is 0 Å². The number of hydrogen-bond acceptors (Lipinski definition) is 6. The van der Waals surface area contributed by atoms with Crippen LogP contribution in [0.2, 0.25) is 0 Å². The molecule has 2 N–H and O–H groups in total. The molecule has 0 bridgehead atoms. The van der Waals surface area contributed by atoms with Crippen LogP contribution >= 0.6 is 0 Å². The van der Waals surface area contributed by atoms with Crippen molar-refractivity contribution in [3.05, 3.63) is 24.8 Å². The second-order valence-electron chi connectivity index (χ2n) is 3.87. The number of nitrogens with one attached hydrogen (secondary N) is 2. The average Bonchev–Trinajstić information content (AvgIpc) is 2.39. The third-order valence-electron chi connectivity index (χ3n) is 2.21. The minimum atomic E-state index is -0.281. The van der Waals surface area contributed by atoms with Gasteiger partial charge in [-0.2, -0.15) is 0 Å². The van der Waals surface area contributed by atoms with E-state index in [0.717, 1.165) is 0 Å². The first kappa shape index (κ1) is 13.5. The smallest absolute Gasteiger partial charge is 0.222 e. The van der Waals surface area contributed by atoms with E-state index in [1.54, 1.807) is 0 Å². The quantitative estimate of drug-likeness (QED) is 0.857. The lowest BCUT2D eigenvalue weighted by atomic mass is 10.2. The number of hydrogen-bond donors (Lipinski definition) is 2. The predicted octanol–water partition coefficient (Wildman–Crippen LogP) is 0.850. The first-order chi connectivity index (χ1) is 9.58. The number of carbonyl (C=O) groups excluding carboxylic acids is 2. The largest absolute Gasteiger partial charge is 0.309 e. The molecule has 2 aromatic rings. The fourth-order valence-electron chi connectivity index (χ4n) is 1.54. The van der Waals surface area contributed by atoms with E-state index in [1.165, 1.54) is 38.6 Å². The van der Waals surface area contributed by atoms with E-state index in [9.17, 15) is 9.59 Å². The van der Waals surface area contributed by atoms with Crippen molar-refractivity contribution < 1.29 is 9.59 Å². The van der Waals surface area contributed by atoms with E-state index in [-0.39, 0.29) is 23.5 Å². The van der Waals surface area contributed by atoms with Crippen LogP contribution in [-0.2, 0) is 9.59 Å². The Hall–Kier alpha value is -2.90. The molecule has 2 aromatic heterocycles. The summed E-state index contributed by atoms with van der Waals surface area (Å²) in [5.41, 5.74) is 0.666. The molecule has 0 unspecified atom stereocenters. The van der Waals surface area contributed by atoms with Crippen LogP contribution in [0.3, 0.4) is 0 Å². The summed E-state index contributed by atoms with van der Waals surface area (Å²) < 4.78 is 0. The molecule has 8 heteroatoms. The molecule has 0 aromatic carbocycles. The van der Waals surface area contributed by atoms with E-state index < -0.39 is 0 Å². The van der Waals surface area contributed by atoms with Gasteiger partial charge in [0.1, 0.15) is 11.4 Å². The summed E-state index contributed by atoms with van der Waals surface area (Å²) in [7, 11) is 0. The topological polar surface area (TPSA) is 110 Å². The van der Waals surface area contributed by atoms with Crippen molar-refractivity contribution in [1.82, 2.24) is 19.9 Å². The van der Waals surface area contributed by atoms with Crippen LogP contribution in [0.1, 0.15) is 13.8 Å². The first-order valence-corrected chi connectivity index (χ1v) is 5.75. The van der Waals surface area contributed by atoms with Gasteiger partial charge in [0, 0.05) is 38.6 Å². The summed E-state index contributed by atoms with van der Waals surface area (Å²) in [5.74, 6) is -0.0485. The molecule has 2 amide bonds. The van der Waals surface area contributed by atoms with Crippen molar-refractivity contribution in [2.75, 3.05) is 10.6 Å². The van der Waals surface area contributed by atoms with Gasteiger partial charge in [-0.05, 0) is 0 Å². The molecule has 8 nitrogen and oxygen atoms in total. The third-order valence-corrected chi connectivity index (χ3v) is 2.21. The minimum absolute atomic E-state index is 0.257. The van der Waals surface area contributed by atoms with E-state index in [0.29, 0.717) is 11.4 Å². The van der Waals surface area contributed by atoms with Crippen molar-refractivity contribution in [3.63, 3.8) is 0 Å². The molecule has 0 saturated carbocycles. The van der Waals surface area contributed by atoms with Crippen LogP contribution < -0.4 is 10.6 Å². The zero-order valence-corrected chi connectivity index (χ0v) is 10.9. The van der Waals surface area contributed by atoms with Gasteiger partial charge in [0.2, 0.25) is 11.8 Å². The molecule has 0 aliphatic carbocycles. The molecule has 0 aliphatic heterocycles. The van der Waals surface area contributed by atoms with Crippen LogP contribution in [0.4, 0.5) is 11.6 Å². The molecule has 0 atom stereocenters. The number of carbonyl (C=O) groups is 2. The Kier molecular flexibility index (Phi) is 3.94. The second-order valence-corrected chi connectivity index (χ2v) is 3.87. The molecule has 0 fully saturated rings. The number of rotatable bonds is 3. The lowest BCUT2D eigenvalue weighted by molar-refractivity contribution is -0.115. The van der Waals surface area contributed by atoms with Gasteiger partial charge in [-0.1, -0.05) is 0 Å².